The van der Waals surface area contributed by atoms with Crippen LogP contribution in [0.2, 0.25) is 0 Å². The van der Waals surface area contributed by atoms with Crippen molar-refractivity contribution in [3.05, 3.63) is 30.2 Å². The number of imidazole rings is 1. The lowest BCUT2D eigenvalue weighted by atomic mass is 10.1. The summed E-state index contributed by atoms with van der Waals surface area (Å²) in [4.78, 5) is 19.0. The second-order valence-corrected chi connectivity index (χ2v) is 9.69. The molecule has 1 saturated heterocycles. The van der Waals surface area contributed by atoms with E-state index in [2.05, 4.69) is 36.7 Å². The first kappa shape index (κ1) is 24.3. The van der Waals surface area contributed by atoms with Gasteiger partial charge >= 0.3 is 0 Å². The van der Waals surface area contributed by atoms with Gasteiger partial charge in [0, 0.05) is 51.9 Å². The summed E-state index contributed by atoms with van der Waals surface area (Å²) in [5.74, 6) is 2.39. The van der Waals surface area contributed by atoms with Crippen molar-refractivity contribution in [1.29, 1.82) is 0 Å². The minimum absolute atomic E-state index is 0.213. The molecule has 1 fully saturated rings. The van der Waals surface area contributed by atoms with E-state index < -0.39 is 0 Å². The topological polar surface area (TPSA) is 73.9 Å². The molecule has 0 aromatic carbocycles. The van der Waals surface area contributed by atoms with Crippen LogP contribution in [-0.4, -0.2) is 55.6 Å². The quantitative estimate of drug-likeness (QED) is 0.375. The van der Waals surface area contributed by atoms with Crippen LogP contribution in [0.15, 0.2) is 24.7 Å². The fraction of sp³-hybridized carbons (Fsp3) is 0.520. The van der Waals surface area contributed by atoms with Crippen LogP contribution >= 0.6 is 11.3 Å². The van der Waals surface area contributed by atoms with Gasteiger partial charge in [-0.2, -0.15) is 5.10 Å². The minimum Gasteiger partial charge on any atom is -0.380 e. The molecule has 4 aromatic heterocycles. The Kier molecular flexibility index (Phi) is 7.33. The molecule has 182 valence electrons. The Balaban J connectivity index is 0.00000133. The van der Waals surface area contributed by atoms with E-state index in [1.165, 1.54) is 5.56 Å². The predicted molar refractivity (Wildman–Crippen MR) is 140 cm³/mol. The van der Waals surface area contributed by atoms with E-state index in [-0.39, 0.29) is 6.10 Å². The van der Waals surface area contributed by atoms with E-state index in [0.717, 1.165) is 58.4 Å². The Bertz CT molecular complexity index is 1260. The number of piperidine rings is 1. The van der Waals surface area contributed by atoms with Crippen LogP contribution in [0, 0.1) is 6.92 Å². The zero-order chi connectivity index (χ0) is 24.4. The molecule has 0 bridgehead atoms. The van der Waals surface area contributed by atoms with Gasteiger partial charge in [0.2, 0.25) is 0 Å². The lowest BCUT2D eigenvalue weighted by molar-refractivity contribution is 0.0892. The highest BCUT2D eigenvalue weighted by molar-refractivity contribution is 7.22. The number of hydrogen-bond acceptors (Lipinski definition) is 7. The largest absolute Gasteiger partial charge is 0.380 e. The molecule has 1 aliphatic rings. The number of hydrogen-bond donors (Lipinski definition) is 0. The first-order chi connectivity index (χ1) is 16.5. The standard InChI is InChI=1S/C23H29N7OS.C2H6/c1-14(2)30-11-8-17(27-30)19-15(3)18-21(29-10-6-7-16(13-29)31-5)25-20(26-23(18)32-19)22-24-9-12-28(22)4;1-2/h8-9,11-12,14,16H,6-7,10,13H2,1-5H3;1-2H3. The normalized spacial score (nSPS) is 16.2. The van der Waals surface area contributed by atoms with Crippen LogP contribution in [0.5, 0.6) is 0 Å². The van der Waals surface area contributed by atoms with Crippen LogP contribution in [-0.2, 0) is 11.8 Å². The Hall–Kier alpha value is -2.78. The second kappa shape index (κ2) is 10.2. The highest BCUT2D eigenvalue weighted by Crippen LogP contribution is 2.42. The van der Waals surface area contributed by atoms with E-state index >= 15 is 0 Å². The molecule has 0 spiro atoms. The summed E-state index contributed by atoms with van der Waals surface area (Å²) in [6, 6.07) is 2.41. The molecule has 8 nitrogen and oxygen atoms in total. The van der Waals surface area contributed by atoms with Crippen LogP contribution in [0.1, 0.15) is 52.1 Å². The number of aromatic nitrogens is 6. The first-order valence-electron chi connectivity index (χ1n) is 12.1. The molecule has 5 heterocycles. The first-order valence-corrected chi connectivity index (χ1v) is 12.9. The fourth-order valence-electron chi connectivity index (χ4n) is 4.34. The Morgan fingerprint density at radius 3 is 2.62 bits per heavy atom. The number of aryl methyl sites for hydroxylation is 2. The maximum absolute atomic E-state index is 5.69. The highest BCUT2D eigenvalue weighted by atomic mass is 32.1. The summed E-state index contributed by atoms with van der Waals surface area (Å²) in [5.41, 5.74) is 2.16. The van der Waals surface area contributed by atoms with Gasteiger partial charge < -0.3 is 14.2 Å². The minimum atomic E-state index is 0.213. The van der Waals surface area contributed by atoms with Crippen molar-refractivity contribution >= 4 is 27.4 Å². The van der Waals surface area contributed by atoms with Crippen molar-refractivity contribution in [1.82, 2.24) is 29.3 Å². The second-order valence-electron chi connectivity index (χ2n) is 8.69. The van der Waals surface area contributed by atoms with Gasteiger partial charge in [-0.25, -0.2) is 15.0 Å². The average Bonchev–Trinajstić information content (AvgIpc) is 3.59. The molecular formula is C25H35N7OS. The van der Waals surface area contributed by atoms with Crippen LogP contribution in [0.3, 0.4) is 0 Å². The number of thiophene rings is 1. The number of fused-ring (bicyclic) bond motifs is 1. The number of ether oxygens (including phenoxy) is 1. The Morgan fingerprint density at radius 1 is 1.18 bits per heavy atom. The van der Waals surface area contributed by atoms with E-state index in [1.807, 2.05) is 42.5 Å². The SMILES string of the molecule is CC.COC1CCCN(c2nc(-c3nccn3C)nc3sc(-c4ccn(C(C)C)n4)c(C)c23)C1. The maximum atomic E-state index is 5.69. The molecule has 0 amide bonds. The van der Waals surface area contributed by atoms with Gasteiger partial charge in [-0.15, -0.1) is 11.3 Å². The van der Waals surface area contributed by atoms with E-state index in [4.69, 9.17) is 19.8 Å². The molecular weight excluding hydrogens is 446 g/mol. The molecule has 4 aromatic rings. The van der Waals surface area contributed by atoms with Gasteiger partial charge in [0.15, 0.2) is 11.6 Å². The molecule has 34 heavy (non-hydrogen) atoms. The van der Waals surface area contributed by atoms with E-state index in [9.17, 15) is 0 Å². The van der Waals surface area contributed by atoms with Gasteiger partial charge in [-0.1, -0.05) is 13.8 Å². The van der Waals surface area contributed by atoms with Gasteiger partial charge in [-0.3, -0.25) is 4.68 Å². The van der Waals surface area contributed by atoms with E-state index in [1.54, 1.807) is 24.6 Å². The van der Waals surface area contributed by atoms with Crippen molar-refractivity contribution in [3.8, 4) is 22.2 Å². The number of anilines is 1. The summed E-state index contributed by atoms with van der Waals surface area (Å²) in [7, 11) is 3.77. The van der Waals surface area contributed by atoms with Gasteiger partial charge in [0.25, 0.3) is 0 Å². The summed E-state index contributed by atoms with van der Waals surface area (Å²) in [6.45, 7) is 12.2. The summed E-state index contributed by atoms with van der Waals surface area (Å²) >= 11 is 1.68. The predicted octanol–water partition coefficient (Wildman–Crippen LogP) is 5.49. The highest BCUT2D eigenvalue weighted by Gasteiger charge is 2.27. The number of rotatable bonds is 5. The van der Waals surface area contributed by atoms with Crippen LogP contribution in [0.4, 0.5) is 5.82 Å². The molecule has 0 saturated carbocycles. The van der Waals surface area contributed by atoms with Crippen molar-refractivity contribution in [2.45, 2.75) is 59.6 Å². The third kappa shape index (κ3) is 4.46. The summed E-state index contributed by atoms with van der Waals surface area (Å²) in [5, 5.41) is 5.93. The van der Waals surface area contributed by atoms with Gasteiger partial charge in [0.05, 0.1) is 16.4 Å². The third-order valence-electron chi connectivity index (χ3n) is 6.17. The zero-order valence-corrected chi connectivity index (χ0v) is 22.1. The van der Waals surface area contributed by atoms with Crippen LogP contribution < -0.4 is 4.90 Å². The van der Waals surface area contributed by atoms with Crippen molar-refractivity contribution in [2.75, 3.05) is 25.1 Å². The van der Waals surface area contributed by atoms with Gasteiger partial charge in [-0.05, 0) is 45.2 Å². The molecule has 9 heteroatoms. The van der Waals surface area contributed by atoms with Gasteiger partial charge in [0.1, 0.15) is 16.3 Å². The van der Waals surface area contributed by atoms with Crippen molar-refractivity contribution < 1.29 is 4.74 Å². The van der Waals surface area contributed by atoms with Crippen molar-refractivity contribution in [3.63, 3.8) is 0 Å². The van der Waals surface area contributed by atoms with E-state index in [0.29, 0.717) is 11.9 Å². The Morgan fingerprint density at radius 2 is 1.97 bits per heavy atom. The molecule has 1 atom stereocenters. The molecule has 1 unspecified atom stereocenters. The molecule has 0 aliphatic carbocycles. The lowest BCUT2D eigenvalue weighted by Gasteiger charge is -2.33. The number of nitrogens with zero attached hydrogens (tertiary/aromatic N) is 7. The molecule has 0 N–H and O–H groups in total. The Labute approximate surface area is 205 Å². The third-order valence-corrected chi connectivity index (χ3v) is 7.38. The maximum Gasteiger partial charge on any atom is 0.199 e. The lowest BCUT2D eigenvalue weighted by Crippen LogP contribution is -2.39. The summed E-state index contributed by atoms with van der Waals surface area (Å²) < 4.78 is 9.66. The van der Waals surface area contributed by atoms with Crippen molar-refractivity contribution in [2.24, 2.45) is 7.05 Å². The molecule has 1 aliphatic heterocycles. The number of methoxy groups -OCH3 is 1. The molecule has 5 rings (SSSR count). The average molecular weight is 482 g/mol. The monoisotopic (exact) mass is 481 g/mol. The molecule has 0 radical (unpaired) electrons. The fourth-order valence-corrected chi connectivity index (χ4v) is 5.48. The van der Waals surface area contributed by atoms with Crippen LogP contribution in [0.25, 0.3) is 32.4 Å². The summed E-state index contributed by atoms with van der Waals surface area (Å²) in [6.07, 6.45) is 8.13. The zero-order valence-electron chi connectivity index (χ0n) is 21.2. The smallest absolute Gasteiger partial charge is 0.199 e.